The molecule has 6 heteroatoms. The van der Waals surface area contributed by atoms with Gasteiger partial charge in [-0.05, 0) is 32.8 Å². The summed E-state index contributed by atoms with van der Waals surface area (Å²) in [7, 11) is 0. The predicted molar refractivity (Wildman–Crippen MR) is 78.8 cm³/mol. The zero-order chi connectivity index (χ0) is 14.2. The quantitative estimate of drug-likeness (QED) is 0.895. The van der Waals surface area contributed by atoms with Gasteiger partial charge in [0, 0.05) is 9.35 Å². The number of hydrogen-bond donors (Lipinski definition) is 1. The van der Waals surface area contributed by atoms with Crippen LogP contribution in [-0.2, 0) is 16.1 Å². The number of hydrogen-bond acceptors (Lipinski definition) is 3. The highest BCUT2D eigenvalue weighted by Gasteiger charge is 2.42. The molecule has 1 unspecified atom stereocenters. The van der Waals surface area contributed by atoms with E-state index in [0.29, 0.717) is 6.54 Å². The van der Waals surface area contributed by atoms with Crippen LogP contribution in [0.15, 0.2) is 15.9 Å². The van der Waals surface area contributed by atoms with Crippen LogP contribution in [0.3, 0.4) is 0 Å². The second-order valence-corrected chi connectivity index (χ2v) is 7.55. The molecule has 1 N–H and O–H groups in total. The Morgan fingerprint density at radius 3 is 2.68 bits per heavy atom. The lowest BCUT2D eigenvalue weighted by Gasteiger charge is -2.41. The molecule has 4 nitrogen and oxygen atoms in total. The fraction of sp³-hybridized carbons (Fsp3) is 0.538. The predicted octanol–water partition coefficient (Wildman–Crippen LogP) is 2.38. The van der Waals surface area contributed by atoms with Gasteiger partial charge in [0.1, 0.15) is 6.04 Å². The Labute approximate surface area is 125 Å². The lowest BCUT2D eigenvalue weighted by Crippen LogP contribution is -2.62. The fourth-order valence-corrected chi connectivity index (χ4v) is 3.75. The summed E-state index contributed by atoms with van der Waals surface area (Å²) < 4.78 is 0.990. The van der Waals surface area contributed by atoms with E-state index in [1.165, 1.54) is 0 Å². The van der Waals surface area contributed by atoms with Crippen LogP contribution in [0.1, 0.15) is 25.6 Å². The smallest absolute Gasteiger partial charge is 0.243 e. The van der Waals surface area contributed by atoms with Crippen LogP contribution < -0.4 is 5.32 Å². The summed E-state index contributed by atoms with van der Waals surface area (Å²) in [6, 6.07) is 1.53. The van der Waals surface area contributed by atoms with Crippen molar-refractivity contribution < 1.29 is 9.59 Å². The maximum absolute atomic E-state index is 12.1. The Balaban J connectivity index is 2.30. The molecule has 0 bridgehead atoms. The standard InChI is InChI=1S/C13H17BrN2O2S/c1-13(2,3)11-12(18)15-6-10(17)16(11)7-9-8(14)4-5-19-9/h4-5,11H,6-7H2,1-3H3,(H,15,18). The molecule has 1 aromatic rings. The number of amides is 2. The first-order valence-corrected chi connectivity index (χ1v) is 7.77. The topological polar surface area (TPSA) is 49.4 Å². The molecule has 19 heavy (non-hydrogen) atoms. The monoisotopic (exact) mass is 344 g/mol. The third kappa shape index (κ3) is 3.00. The summed E-state index contributed by atoms with van der Waals surface area (Å²) in [6.45, 7) is 6.51. The molecule has 1 atom stereocenters. The first kappa shape index (κ1) is 14.5. The van der Waals surface area contributed by atoms with Gasteiger partial charge in [-0.1, -0.05) is 20.8 Å². The van der Waals surface area contributed by atoms with Gasteiger partial charge in [0.05, 0.1) is 13.1 Å². The van der Waals surface area contributed by atoms with Crippen LogP contribution in [0.25, 0.3) is 0 Å². The van der Waals surface area contributed by atoms with Gasteiger partial charge in [-0.15, -0.1) is 11.3 Å². The van der Waals surface area contributed by atoms with Crippen LogP contribution in [0.5, 0.6) is 0 Å². The molecule has 1 saturated heterocycles. The van der Waals surface area contributed by atoms with Gasteiger partial charge in [-0.2, -0.15) is 0 Å². The Morgan fingerprint density at radius 2 is 2.16 bits per heavy atom. The number of rotatable bonds is 2. The SMILES string of the molecule is CC(C)(C)C1C(=O)NCC(=O)N1Cc1sccc1Br. The summed E-state index contributed by atoms with van der Waals surface area (Å²) in [4.78, 5) is 27.0. The maximum atomic E-state index is 12.1. The molecule has 0 aliphatic carbocycles. The first-order chi connectivity index (χ1) is 8.80. The second kappa shape index (κ2) is 5.25. The van der Waals surface area contributed by atoms with Crippen molar-refractivity contribution in [3.63, 3.8) is 0 Å². The van der Waals surface area contributed by atoms with E-state index in [1.807, 2.05) is 32.2 Å². The van der Waals surface area contributed by atoms with Crippen LogP contribution >= 0.6 is 27.3 Å². The van der Waals surface area contributed by atoms with E-state index in [9.17, 15) is 9.59 Å². The van der Waals surface area contributed by atoms with Crippen molar-refractivity contribution >= 4 is 39.1 Å². The number of nitrogens with one attached hydrogen (secondary N) is 1. The molecule has 2 rings (SSSR count). The van der Waals surface area contributed by atoms with Gasteiger partial charge in [0.2, 0.25) is 11.8 Å². The molecule has 0 aromatic carbocycles. The molecule has 1 aromatic heterocycles. The number of carbonyl (C=O) groups is 2. The molecular weight excluding hydrogens is 328 g/mol. The molecule has 1 aliphatic heterocycles. The lowest BCUT2D eigenvalue weighted by molar-refractivity contribution is -0.150. The van der Waals surface area contributed by atoms with Crippen molar-refractivity contribution in [3.8, 4) is 0 Å². The van der Waals surface area contributed by atoms with Gasteiger partial charge >= 0.3 is 0 Å². The average molecular weight is 345 g/mol. The summed E-state index contributed by atoms with van der Waals surface area (Å²) in [5.41, 5.74) is -0.288. The minimum absolute atomic E-state index is 0.0279. The summed E-state index contributed by atoms with van der Waals surface area (Å²) in [5, 5.41) is 4.65. The Hall–Kier alpha value is -0.880. The third-order valence-electron chi connectivity index (χ3n) is 3.12. The van der Waals surface area contributed by atoms with Gasteiger partial charge in [0.25, 0.3) is 0 Å². The van der Waals surface area contributed by atoms with Crippen molar-refractivity contribution in [2.75, 3.05) is 6.54 Å². The van der Waals surface area contributed by atoms with Gasteiger partial charge in [0.15, 0.2) is 0 Å². The fourth-order valence-electron chi connectivity index (χ4n) is 2.28. The Bertz CT molecular complexity index is 507. The highest BCUT2D eigenvalue weighted by Crippen LogP contribution is 2.31. The molecule has 1 fully saturated rings. The molecule has 0 saturated carbocycles. The molecule has 1 aliphatic rings. The lowest BCUT2D eigenvalue weighted by atomic mass is 9.84. The van der Waals surface area contributed by atoms with Crippen molar-refractivity contribution in [1.82, 2.24) is 10.2 Å². The van der Waals surface area contributed by atoms with Crippen molar-refractivity contribution in [1.29, 1.82) is 0 Å². The minimum atomic E-state index is -0.428. The third-order valence-corrected chi connectivity index (χ3v) is 5.03. The number of piperazine rings is 1. The van der Waals surface area contributed by atoms with E-state index >= 15 is 0 Å². The van der Waals surface area contributed by atoms with Crippen molar-refractivity contribution in [2.45, 2.75) is 33.4 Å². The van der Waals surface area contributed by atoms with Crippen LogP contribution in [0.4, 0.5) is 0 Å². The maximum Gasteiger partial charge on any atom is 0.243 e. The van der Waals surface area contributed by atoms with Gasteiger partial charge in [-0.3, -0.25) is 9.59 Å². The average Bonchev–Trinajstić information content (AvgIpc) is 2.68. The summed E-state index contributed by atoms with van der Waals surface area (Å²) in [6.07, 6.45) is 0. The molecule has 104 valence electrons. The molecule has 0 radical (unpaired) electrons. The summed E-state index contributed by atoms with van der Waals surface area (Å²) >= 11 is 5.06. The van der Waals surface area contributed by atoms with E-state index in [0.717, 1.165) is 9.35 Å². The first-order valence-electron chi connectivity index (χ1n) is 6.10. The molecular formula is C13H17BrN2O2S. The van der Waals surface area contributed by atoms with Gasteiger partial charge in [-0.25, -0.2) is 0 Å². The summed E-state index contributed by atoms with van der Waals surface area (Å²) in [5.74, 6) is -0.0976. The number of carbonyl (C=O) groups excluding carboxylic acids is 2. The zero-order valence-corrected chi connectivity index (χ0v) is 13.6. The van der Waals surface area contributed by atoms with Crippen molar-refractivity contribution in [2.24, 2.45) is 5.41 Å². The van der Waals surface area contributed by atoms with E-state index in [-0.39, 0.29) is 23.8 Å². The zero-order valence-electron chi connectivity index (χ0n) is 11.2. The van der Waals surface area contributed by atoms with Gasteiger partial charge < -0.3 is 10.2 Å². The normalized spacial score (nSPS) is 20.6. The second-order valence-electron chi connectivity index (χ2n) is 5.70. The molecule has 2 heterocycles. The number of nitrogens with zero attached hydrogens (tertiary/aromatic N) is 1. The highest BCUT2D eigenvalue weighted by atomic mass is 79.9. The van der Waals surface area contributed by atoms with E-state index in [2.05, 4.69) is 21.2 Å². The minimum Gasteiger partial charge on any atom is -0.345 e. The Kier molecular flexibility index (Phi) is 4.01. The highest BCUT2D eigenvalue weighted by molar-refractivity contribution is 9.10. The van der Waals surface area contributed by atoms with Crippen LogP contribution in [-0.4, -0.2) is 29.3 Å². The van der Waals surface area contributed by atoms with E-state index in [1.54, 1.807) is 16.2 Å². The Morgan fingerprint density at radius 1 is 1.47 bits per heavy atom. The van der Waals surface area contributed by atoms with E-state index < -0.39 is 6.04 Å². The molecule has 2 amide bonds. The van der Waals surface area contributed by atoms with Crippen LogP contribution in [0, 0.1) is 5.41 Å². The van der Waals surface area contributed by atoms with E-state index in [4.69, 9.17) is 0 Å². The van der Waals surface area contributed by atoms with Crippen LogP contribution in [0.2, 0.25) is 0 Å². The largest absolute Gasteiger partial charge is 0.345 e. The molecule has 0 spiro atoms. The van der Waals surface area contributed by atoms with Crippen molar-refractivity contribution in [3.05, 3.63) is 20.8 Å². The number of thiophene rings is 1. The number of halogens is 1.